The number of esters is 1. The van der Waals surface area contributed by atoms with Crippen LogP contribution in [0.15, 0.2) is 47.1 Å². The number of carbonyl (C=O) groups excluding carboxylic acids is 1. The molecule has 0 spiro atoms. The summed E-state index contributed by atoms with van der Waals surface area (Å²) in [6.07, 6.45) is 0.707. The fourth-order valence-corrected chi connectivity index (χ4v) is 5.86. The van der Waals surface area contributed by atoms with Gasteiger partial charge >= 0.3 is 12.1 Å². The minimum atomic E-state index is -4.49. The lowest BCUT2D eigenvalue weighted by atomic mass is 9.99. The first kappa shape index (κ1) is 24.9. The molecule has 10 heteroatoms. The van der Waals surface area contributed by atoms with Crippen molar-refractivity contribution in [3.63, 3.8) is 0 Å². The lowest BCUT2D eigenvalue weighted by molar-refractivity contribution is -0.137. The normalized spacial score (nSPS) is 23.1. The van der Waals surface area contributed by atoms with Gasteiger partial charge in [-0.3, -0.25) is 0 Å². The van der Waals surface area contributed by atoms with E-state index in [1.807, 2.05) is 6.07 Å². The Bertz CT molecular complexity index is 1310. The van der Waals surface area contributed by atoms with Gasteiger partial charge in [0.2, 0.25) is 0 Å². The van der Waals surface area contributed by atoms with Crippen molar-refractivity contribution in [1.82, 2.24) is 10.1 Å². The van der Waals surface area contributed by atoms with Crippen LogP contribution in [0.5, 0.6) is 0 Å². The number of methoxy groups -OCH3 is 1. The van der Waals surface area contributed by atoms with Crippen LogP contribution in [0.25, 0.3) is 11.3 Å². The minimum absolute atomic E-state index is 0.0227. The van der Waals surface area contributed by atoms with Crippen LogP contribution in [0.4, 0.5) is 19.0 Å². The Kier molecular flexibility index (Phi) is 6.37. The maximum atomic E-state index is 13.7. The molecule has 1 saturated heterocycles. The number of anilines is 1. The third-order valence-corrected chi connectivity index (χ3v) is 7.92. The number of benzene rings is 1. The van der Waals surface area contributed by atoms with Gasteiger partial charge in [-0.1, -0.05) is 23.4 Å². The molecule has 0 radical (unpaired) electrons. The highest BCUT2D eigenvalue weighted by molar-refractivity contribution is 5.89. The molecule has 7 nitrogen and oxygen atoms in total. The van der Waals surface area contributed by atoms with Crippen molar-refractivity contribution in [2.75, 3.05) is 25.1 Å². The van der Waals surface area contributed by atoms with Crippen molar-refractivity contribution in [3.05, 3.63) is 65.0 Å². The topological polar surface area (TPSA) is 77.7 Å². The molecule has 1 aromatic carbocycles. The van der Waals surface area contributed by atoms with Crippen LogP contribution in [0.1, 0.15) is 58.8 Å². The van der Waals surface area contributed by atoms with Gasteiger partial charge < -0.3 is 18.9 Å². The molecule has 3 atom stereocenters. The summed E-state index contributed by atoms with van der Waals surface area (Å²) in [5.74, 6) is 2.15. The van der Waals surface area contributed by atoms with Crippen molar-refractivity contribution in [3.8, 4) is 11.3 Å². The molecule has 3 fully saturated rings. The lowest BCUT2D eigenvalue weighted by Gasteiger charge is -2.20. The maximum Gasteiger partial charge on any atom is 0.417 e. The smallest absolute Gasteiger partial charge is 0.417 e. The Morgan fingerprint density at radius 3 is 2.47 bits per heavy atom. The lowest BCUT2D eigenvalue weighted by Crippen LogP contribution is -2.24. The summed E-state index contributed by atoms with van der Waals surface area (Å²) in [7, 11) is 1.34. The van der Waals surface area contributed by atoms with E-state index in [0.29, 0.717) is 28.7 Å². The first-order valence-corrected chi connectivity index (χ1v) is 12.9. The number of nitrogens with zero attached hydrogens (tertiary/aromatic N) is 3. The first-order chi connectivity index (χ1) is 18.3. The van der Waals surface area contributed by atoms with E-state index in [1.54, 1.807) is 12.1 Å². The molecule has 0 unspecified atom stereocenters. The Hall–Kier alpha value is -3.40. The number of ether oxygens (including phenoxy) is 2. The molecule has 2 aliphatic carbocycles. The predicted molar refractivity (Wildman–Crippen MR) is 131 cm³/mol. The number of hydrogen-bond donors (Lipinski definition) is 0. The van der Waals surface area contributed by atoms with Crippen LogP contribution in [-0.4, -0.2) is 42.4 Å². The molecule has 2 aromatic heterocycles. The maximum absolute atomic E-state index is 13.7. The van der Waals surface area contributed by atoms with E-state index in [4.69, 9.17) is 14.0 Å². The summed E-state index contributed by atoms with van der Waals surface area (Å²) in [6.45, 7) is 1.88. The van der Waals surface area contributed by atoms with Crippen LogP contribution in [0.2, 0.25) is 0 Å². The summed E-state index contributed by atoms with van der Waals surface area (Å²) in [6, 6.07) is 9.05. The predicted octanol–water partition coefficient (Wildman–Crippen LogP) is 5.85. The molecule has 1 aliphatic heterocycles. The van der Waals surface area contributed by atoms with E-state index < -0.39 is 17.7 Å². The molecule has 0 bridgehead atoms. The highest BCUT2D eigenvalue weighted by Gasteiger charge is 2.43. The molecule has 2 saturated carbocycles. The van der Waals surface area contributed by atoms with Crippen molar-refractivity contribution in [1.29, 1.82) is 0 Å². The zero-order valence-electron chi connectivity index (χ0n) is 20.9. The molecule has 200 valence electrons. The van der Waals surface area contributed by atoms with Gasteiger partial charge in [0.15, 0.2) is 0 Å². The zero-order chi connectivity index (χ0) is 26.4. The van der Waals surface area contributed by atoms with Crippen molar-refractivity contribution >= 4 is 11.8 Å². The van der Waals surface area contributed by atoms with Gasteiger partial charge in [-0.2, -0.15) is 13.2 Å². The Balaban J connectivity index is 1.13. The molecular weight excluding hydrogens is 499 g/mol. The van der Waals surface area contributed by atoms with Crippen LogP contribution >= 0.6 is 0 Å². The molecule has 6 rings (SSSR count). The molecule has 0 N–H and O–H groups in total. The van der Waals surface area contributed by atoms with E-state index in [-0.39, 0.29) is 29.9 Å². The zero-order valence-corrected chi connectivity index (χ0v) is 20.9. The second-order valence-electron chi connectivity index (χ2n) is 10.4. The number of halogens is 3. The van der Waals surface area contributed by atoms with Crippen molar-refractivity contribution < 1.29 is 32.0 Å². The van der Waals surface area contributed by atoms with Gasteiger partial charge in [-0.25, -0.2) is 9.78 Å². The molecular formula is C28H28F3N3O4. The summed E-state index contributed by atoms with van der Waals surface area (Å²) < 4.78 is 57.8. The summed E-state index contributed by atoms with van der Waals surface area (Å²) in [5, 5.41) is 4.09. The summed E-state index contributed by atoms with van der Waals surface area (Å²) in [4.78, 5) is 18.3. The van der Waals surface area contributed by atoms with E-state index in [9.17, 15) is 18.0 Å². The van der Waals surface area contributed by atoms with Gasteiger partial charge in [0.05, 0.1) is 30.9 Å². The average molecular weight is 528 g/mol. The van der Waals surface area contributed by atoms with Crippen LogP contribution in [0.3, 0.4) is 0 Å². The number of pyridine rings is 1. The molecule has 3 aliphatic rings. The largest absolute Gasteiger partial charge is 0.465 e. The second-order valence-corrected chi connectivity index (χ2v) is 10.4. The average Bonchev–Trinajstić information content (AvgIpc) is 3.37. The van der Waals surface area contributed by atoms with Crippen molar-refractivity contribution in [2.45, 2.75) is 50.5 Å². The molecule has 3 aromatic rings. The van der Waals surface area contributed by atoms with Crippen LogP contribution in [-0.2, 0) is 22.3 Å². The van der Waals surface area contributed by atoms with E-state index in [0.717, 1.165) is 50.7 Å². The van der Waals surface area contributed by atoms with E-state index in [2.05, 4.69) is 15.0 Å². The molecule has 3 heterocycles. The SMILES string of the molecule is COC(=O)c1ccc(N2C[C@H]3C[C@H](OCc4c(-c5ccccc5C(F)(F)F)noc4C4CC4)C[C@H]3C2)nc1. The highest BCUT2D eigenvalue weighted by atomic mass is 19.4. The second kappa shape index (κ2) is 9.72. The number of rotatable bonds is 7. The number of aromatic nitrogens is 2. The third-order valence-electron chi connectivity index (χ3n) is 7.92. The standard InChI is InChI=1S/C28H28F3N3O4/c1-36-27(35)17-8-9-24(32-12-17)34-13-18-10-20(11-19(18)14-34)37-15-22-25(33-38-26(22)16-6-7-16)21-4-2-3-5-23(21)28(29,30)31/h2-5,8-9,12,16,18-20H,6-7,10-11,13-15H2,1H3/t18-,19+,20+. The fourth-order valence-electron chi connectivity index (χ4n) is 5.86. The van der Waals surface area contributed by atoms with E-state index >= 15 is 0 Å². The van der Waals surface area contributed by atoms with Gasteiger partial charge in [0, 0.05) is 36.3 Å². The fraction of sp³-hybridized carbons (Fsp3) is 0.464. The number of carbonyl (C=O) groups is 1. The Morgan fingerprint density at radius 1 is 1.11 bits per heavy atom. The van der Waals surface area contributed by atoms with Crippen LogP contribution < -0.4 is 4.90 Å². The minimum Gasteiger partial charge on any atom is -0.465 e. The van der Waals surface area contributed by atoms with Gasteiger partial charge in [0.1, 0.15) is 17.3 Å². The summed E-state index contributed by atoms with van der Waals surface area (Å²) in [5.41, 5.74) is 0.587. The highest BCUT2D eigenvalue weighted by Crippen LogP contribution is 2.47. The molecule has 0 amide bonds. The van der Waals surface area contributed by atoms with Gasteiger partial charge in [0.25, 0.3) is 0 Å². The number of hydrogen-bond acceptors (Lipinski definition) is 7. The number of alkyl halides is 3. The Labute approximate surface area is 217 Å². The monoisotopic (exact) mass is 527 g/mol. The summed E-state index contributed by atoms with van der Waals surface area (Å²) >= 11 is 0. The van der Waals surface area contributed by atoms with Crippen molar-refractivity contribution in [2.24, 2.45) is 11.8 Å². The third kappa shape index (κ3) is 4.77. The van der Waals surface area contributed by atoms with Gasteiger partial charge in [-0.05, 0) is 55.7 Å². The van der Waals surface area contributed by atoms with Gasteiger partial charge in [-0.15, -0.1) is 0 Å². The van der Waals surface area contributed by atoms with E-state index in [1.165, 1.54) is 25.4 Å². The quantitative estimate of drug-likeness (QED) is 0.357. The first-order valence-electron chi connectivity index (χ1n) is 12.9. The Morgan fingerprint density at radius 2 is 1.84 bits per heavy atom. The molecule has 38 heavy (non-hydrogen) atoms. The number of fused-ring (bicyclic) bond motifs is 1. The van der Waals surface area contributed by atoms with Crippen LogP contribution in [0, 0.1) is 11.8 Å².